The number of likely N-dealkylation sites (tertiary alicyclic amines) is 1. The van der Waals surface area contributed by atoms with Gasteiger partial charge >= 0.3 is 0 Å². The van der Waals surface area contributed by atoms with E-state index in [1.54, 1.807) is 12.1 Å². The van der Waals surface area contributed by atoms with Crippen LogP contribution in [0.1, 0.15) is 24.8 Å². The molecule has 3 rings (SSSR count). The maximum absolute atomic E-state index is 13.3. The molecule has 0 radical (unpaired) electrons. The van der Waals surface area contributed by atoms with Crippen LogP contribution >= 0.6 is 0 Å². The zero-order valence-corrected chi connectivity index (χ0v) is 12.8. The Hall–Kier alpha value is -1.46. The van der Waals surface area contributed by atoms with Gasteiger partial charge < -0.3 is 9.64 Å². The molecule has 1 atom stereocenters. The monoisotopic (exact) mass is 306 g/mol. The fourth-order valence-corrected chi connectivity index (χ4v) is 3.21. The van der Waals surface area contributed by atoms with Gasteiger partial charge in [-0.25, -0.2) is 4.39 Å². The molecular weight excluding hydrogens is 283 g/mol. The Morgan fingerprint density at radius 1 is 1.23 bits per heavy atom. The predicted molar refractivity (Wildman–Crippen MR) is 81.8 cm³/mol. The molecule has 22 heavy (non-hydrogen) atoms. The van der Waals surface area contributed by atoms with Crippen molar-refractivity contribution < 1.29 is 13.9 Å². The number of carbonyl (C=O) groups excluding carboxylic acids is 1. The average Bonchev–Trinajstić information content (AvgIpc) is 2.55. The van der Waals surface area contributed by atoms with Crippen LogP contribution in [-0.4, -0.2) is 54.6 Å². The highest BCUT2D eigenvalue weighted by Crippen LogP contribution is 2.16. The lowest BCUT2D eigenvalue weighted by atomic mass is 10.1. The van der Waals surface area contributed by atoms with Crippen molar-refractivity contribution in [3.8, 4) is 0 Å². The number of hydrogen-bond donors (Lipinski definition) is 0. The first-order valence-electron chi connectivity index (χ1n) is 8.09. The molecule has 0 N–H and O–H groups in total. The van der Waals surface area contributed by atoms with Crippen molar-refractivity contribution in [2.45, 2.75) is 31.9 Å². The lowest BCUT2D eigenvalue weighted by Crippen LogP contribution is -2.51. The van der Waals surface area contributed by atoms with Crippen molar-refractivity contribution in [1.29, 1.82) is 0 Å². The Kier molecular flexibility index (Phi) is 5.05. The maximum Gasteiger partial charge on any atom is 0.253 e. The fourth-order valence-electron chi connectivity index (χ4n) is 3.21. The highest BCUT2D eigenvalue weighted by molar-refractivity contribution is 5.81. The van der Waals surface area contributed by atoms with Gasteiger partial charge in [0.05, 0.1) is 6.61 Å². The molecule has 2 fully saturated rings. The number of halogens is 1. The molecule has 1 aromatic carbocycles. The van der Waals surface area contributed by atoms with E-state index in [1.165, 1.54) is 12.5 Å². The van der Waals surface area contributed by atoms with Crippen molar-refractivity contribution in [1.82, 2.24) is 9.80 Å². The van der Waals surface area contributed by atoms with Crippen LogP contribution in [0.3, 0.4) is 0 Å². The molecule has 2 aliphatic heterocycles. The largest absolute Gasteiger partial charge is 0.366 e. The number of ether oxygens (including phenoxy) is 1. The van der Waals surface area contributed by atoms with Gasteiger partial charge in [0.1, 0.15) is 11.9 Å². The Labute approximate surface area is 130 Å². The van der Waals surface area contributed by atoms with Gasteiger partial charge in [0.25, 0.3) is 5.91 Å². The minimum absolute atomic E-state index is 0.114. The van der Waals surface area contributed by atoms with E-state index in [9.17, 15) is 9.18 Å². The normalized spacial score (nSPS) is 23.5. The third kappa shape index (κ3) is 3.84. The molecule has 0 spiro atoms. The minimum atomic E-state index is -0.375. The van der Waals surface area contributed by atoms with Crippen LogP contribution in [0.25, 0.3) is 0 Å². The number of amides is 1. The van der Waals surface area contributed by atoms with E-state index < -0.39 is 0 Å². The summed E-state index contributed by atoms with van der Waals surface area (Å²) in [5.74, 6) is -0.102. The first-order chi connectivity index (χ1) is 10.7. The highest BCUT2D eigenvalue weighted by Gasteiger charge is 2.30. The summed E-state index contributed by atoms with van der Waals surface area (Å²) < 4.78 is 18.9. The van der Waals surface area contributed by atoms with E-state index in [4.69, 9.17) is 4.74 Å². The predicted octanol–water partition coefficient (Wildman–Crippen LogP) is 2.04. The standard InChI is InChI=1S/C17H23FN2O2/c18-15-6-4-5-14(11-15)12-19-9-10-22-16(13-19)17(21)20-7-2-1-3-8-20/h4-6,11,16H,1-3,7-10,12-13H2. The molecule has 120 valence electrons. The van der Waals surface area contributed by atoms with Crippen molar-refractivity contribution in [2.75, 3.05) is 32.8 Å². The summed E-state index contributed by atoms with van der Waals surface area (Å²) >= 11 is 0. The Balaban J connectivity index is 1.57. The fraction of sp³-hybridized carbons (Fsp3) is 0.588. The minimum Gasteiger partial charge on any atom is -0.366 e. The van der Waals surface area contributed by atoms with Gasteiger partial charge in [-0.05, 0) is 37.0 Å². The van der Waals surface area contributed by atoms with Crippen molar-refractivity contribution in [3.05, 3.63) is 35.6 Å². The van der Waals surface area contributed by atoms with Crippen molar-refractivity contribution in [3.63, 3.8) is 0 Å². The van der Waals surface area contributed by atoms with Gasteiger partial charge in [0, 0.05) is 32.7 Å². The van der Waals surface area contributed by atoms with Gasteiger partial charge in [0.2, 0.25) is 0 Å². The summed E-state index contributed by atoms with van der Waals surface area (Å²) in [4.78, 5) is 16.6. The SMILES string of the molecule is O=C(C1CN(Cc2cccc(F)c2)CCO1)N1CCCCC1. The second-order valence-corrected chi connectivity index (χ2v) is 6.11. The molecule has 2 heterocycles. The third-order valence-corrected chi connectivity index (χ3v) is 4.39. The Morgan fingerprint density at radius 2 is 2.05 bits per heavy atom. The van der Waals surface area contributed by atoms with Gasteiger partial charge in [-0.3, -0.25) is 9.69 Å². The molecule has 0 aliphatic carbocycles. The molecule has 2 aliphatic rings. The van der Waals surface area contributed by atoms with E-state index in [0.29, 0.717) is 19.7 Å². The van der Waals surface area contributed by atoms with Gasteiger partial charge in [-0.1, -0.05) is 12.1 Å². The number of carbonyl (C=O) groups is 1. The average molecular weight is 306 g/mol. The second-order valence-electron chi connectivity index (χ2n) is 6.11. The number of nitrogens with zero attached hydrogens (tertiary/aromatic N) is 2. The summed E-state index contributed by atoms with van der Waals surface area (Å²) in [5.41, 5.74) is 0.936. The van der Waals surface area contributed by atoms with E-state index >= 15 is 0 Å². The zero-order chi connectivity index (χ0) is 15.4. The van der Waals surface area contributed by atoms with Gasteiger partial charge in [-0.2, -0.15) is 0 Å². The van der Waals surface area contributed by atoms with Crippen LogP contribution in [0.5, 0.6) is 0 Å². The van der Waals surface area contributed by atoms with Gasteiger partial charge in [-0.15, -0.1) is 0 Å². The summed E-state index contributed by atoms with van der Waals surface area (Å²) in [6.07, 6.45) is 3.01. The molecule has 5 heteroatoms. The molecule has 1 amide bonds. The zero-order valence-electron chi connectivity index (χ0n) is 12.8. The Morgan fingerprint density at radius 3 is 2.82 bits per heavy atom. The molecular formula is C17H23FN2O2. The van der Waals surface area contributed by atoms with Crippen molar-refractivity contribution in [2.24, 2.45) is 0 Å². The maximum atomic E-state index is 13.3. The topological polar surface area (TPSA) is 32.8 Å². The lowest BCUT2D eigenvalue weighted by Gasteiger charge is -2.36. The number of rotatable bonds is 3. The van der Waals surface area contributed by atoms with Crippen LogP contribution in [0.2, 0.25) is 0 Å². The van der Waals surface area contributed by atoms with Crippen LogP contribution in [0, 0.1) is 5.82 Å². The van der Waals surface area contributed by atoms with E-state index in [-0.39, 0.29) is 17.8 Å². The quantitative estimate of drug-likeness (QED) is 0.857. The number of benzene rings is 1. The number of hydrogen-bond acceptors (Lipinski definition) is 3. The number of morpholine rings is 1. The van der Waals surface area contributed by atoms with Crippen molar-refractivity contribution >= 4 is 5.91 Å². The Bertz CT molecular complexity index is 517. The van der Waals surface area contributed by atoms with E-state index in [0.717, 1.165) is 38.0 Å². The second kappa shape index (κ2) is 7.20. The summed E-state index contributed by atoms with van der Waals surface area (Å²) in [5, 5.41) is 0. The third-order valence-electron chi connectivity index (χ3n) is 4.39. The van der Waals surface area contributed by atoms with Crippen LogP contribution in [0.4, 0.5) is 4.39 Å². The molecule has 0 bridgehead atoms. The van der Waals surface area contributed by atoms with E-state index in [1.807, 2.05) is 11.0 Å². The summed E-state index contributed by atoms with van der Waals surface area (Å²) in [6.45, 7) is 4.28. The van der Waals surface area contributed by atoms with E-state index in [2.05, 4.69) is 4.90 Å². The van der Waals surface area contributed by atoms with Crippen LogP contribution in [0.15, 0.2) is 24.3 Å². The van der Waals surface area contributed by atoms with Gasteiger partial charge in [0.15, 0.2) is 0 Å². The van der Waals surface area contributed by atoms with Crippen LogP contribution < -0.4 is 0 Å². The molecule has 1 unspecified atom stereocenters. The number of piperidine rings is 1. The first-order valence-corrected chi connectivity index (χ1v) is 8.09. The lowest BCUT2D eigenvalue weighted by molar-refractivity contribution is -0.150. The molecule has 2 saturated heterocycles. The smallest absolute Gasteiger partial charge is 0.253 e. The highest BCUT2D eigenvalue weighted by atomic mass is 19.1. The van der Waals surface area contributed by atoms with Crippen LogP contribution in [-0.2, 0) is 16.1 Å². The molecule has 0 saturated carbocycles. The molecule has 4 nitrogen and oxygen atoms in total. The molecule has 0 aromatic heterocycles. The molecule has 1 aromatic rings. The summed E-state index contributed by atoms with van der Waals surface area (Å²) in [7, 11) is 0. The first kappa shape index (κ1) is 15.4. The summed E-state index contributed by atoms with van der Waals surface area (Å²) in [6, 6.07) is 6.64.